The van der Waals surface area contributed by atoms with Crippen LogP contribution < -0.4 is 5.32 Å². The van der Waals surface area contributed by atoms with Gasteiger partial charge < -0.3 is 15.3 Å². The van der Waals surface area contributed by atoms with E-state index in [1.165, 1.54) is 6.92 Å². The lowest BCUT2D eigenvalue weighted by molar-refractivity contribution is -0.141. The fourth-order valence-corrected chi connectivity index (χ4v) is 3.72. The summed E-state index contributed by atoms with van der Waals surface area (Å²) in [7, 11) is 3.62. The molecule has 0 aromatic heterocycles. The van der Waals surface area contributed by atoms with Gasteiger partial charge in [0.15, 0.2) is 0 Å². The number of nitrogens with one attached hydrogen (secondary N) is 1. The van der Waals surface area contributed by atoms with Gasteiger partial charge in [-0.3, -0.25) is 14.5 Å². The van der Waals surface area contributed by atoms with Crippen LogP contribution in [0.1, 0.15) is 60.8 Å². The number of likely N-dealkylation sites (N-methyl/N-ethyl adjacent to an activating group) is 2. The number of carboxylic acids is 1. The van der Waals surface area contributed by atoms with Gasteiger partial charge in [-0.05, 0) is 44.7 Å². The Morgan fingerprint density at radius 3 is 2.24 bits per heavy atom. The normalized spacial score (nSPS) is 20.9. The molecular formula is C22H39N3O4. The molecule has 0 aliphatic carbocycles. The number of piperidine rings is 1. The van der Waals surface area contributed by atoms with Crippen molar-refractivity contribution in [1.29, 1.82) is 0 Å². The standard InChI is InChI=1S/C22H39N3O4/c1-14(2)17(13-15(3)21(28)29)25(8)20(27)18(22(4,5)6)23-19(26)16-11-9-10-12-24(16)7/h13-14,16-18H,9-12H2,1-8H3,(H,23,26)(H,28,29)/b15-13+/t16-,17+,18?/m1/s1. The molecule has 0 bridgehead atoms. The minimum Gasteiger partial charge on any atom is -0.478 e. The number of rotatable bonds is 7. The van der Waals surface area contributed by atoms with Crippen molar-refractivity contribution in [3.8, 4) is 0 Å². The molecular weight excluding hydrogens is 370 g/mol. The monoisotopic (exact) mass is 409 g/mol. The van der Waals surface area contributed by atoms with Crippen LogP contribution in [0.2, 0.25) is 0 Å². The maximum absolute atomic E-state index is 13.4. The van der Waals surface area contributed by atoms with Crippen molar-refractivity contribution in [3.05, 3.63) is 11.6 Å². The van der Waals surface area contributed by atoms with Gasteiger partial charge >= 0.3 is 5.97 Å². The van der Waals surface area contributed by atoms with Gasteiger partial charge in [0.25, 0.3) is 0 Å². The number of hydrogen-bond acceptors (Lipinski definition) is 4. The van der Waals surface area contributed by atoms with Crippen molar-refractivity contribution >= 4 is 17.8 Å². The number of aliphatic carboxylic acids is 1. The molecule has 0 saturated carbocycles. The van der Waals surface area contributed by atoms with Gasteiger partial charge in [0.1, 0.15) is 6.04 Å². The smallest absolute Gasteiger partial charge is 0.331 e. The Balaban J connectivity index is 3.10. The number of carbonyl (C=O) groups excluding carboxylic acids is 2. The minimum absolute atomic E-state index is 0.0269. The van der Waals surface area contributed by atoms with Crippen molar-refractivity contribution in [1.82, 2.24) is 15.1 Å². The van der Waals surface area contributed by atoms with Crippen molar-refractivity contribution in [2.75, 3.05) is 20.6 Å². The number of amides is 2. The van der Waals surface area contributed by atoms with Crippen LogP contribution in [-0.4, -0.2) is 71.5 Å². The second-order valence-electron chi connectivity index (χ2n) is 9.64. The lowest BCUT2D eigenvalue weighted by Crippen LogP contribution is -2.59. The Morgan fingerprint density at radius 2 is 1.79 bits per heavy atom. The lowest BCUT2D eigenvalue weighted by atomic mass is 9.84. The SMILES string of the molecule is C/C(=C\[C@@H](C(C)C)N(C)C(=O)C(NC(=O)[C@H]1CCCCN1C)C(C)(C)C)C(=O)O. The van der Waals surface area contributed by atoms with Crippen LogP contribution in [0.4, 0.5) is 0 Å². The highest BCUT2D eigenvalue weighted by Crippen LogP contribution is 2.25. The third kappa shape index (κ3) is 6.84. The summed E-state index contributed by atoms with van der Waals surface area (Å²) in [4.78, 5) is 41.2. The predicted molar refractivity (Wildman–Crippen MR) is 114 cm³/mol. The molecule has 1 fully saturated rings. The quantitative estimate of drug-likeness (QED) is 0.631. The number of likely N-dealkylation sites (tertiary alicyclic amines) is 1. The van der Waals surface area contributed by atoms with Crippen LogP contribution in [0.5, 0.6) is 0 Å². The van der Waals surface area contributed by atoms with Gasteiger partial charge in [-0.2, -0.15) is 0 Å². The third-order valence-corrected chi connectivity index (χ3v) is 5.71. The molecule has 166 valence electrons. The minimum atomic E-state index is -1.00. The van der Waals surface area contributed by atoms with E-state index in [9.17, 15) is 19.5 Å². The Kier molecular flexibility index (Phi) is 8.87. The molecule has 0 spiro atoms. The van der Waals surface area contributed by atoms with E-state index < -0.39 is 17.4 Å². The highest BCUT2D eigenvalue weighted by molar-refractivity contribution is 5.91. The molecule has 0 aromatic rings. The summed E-state index contributed by atoms with van der Waals surface area (Å²) in [6.45, 7) is 12.1. The van der Waals surface area contributed by atoms with Crippen LogP contribution in [0.25, 0.3) is 0 Å². The first-order valence-electron chi connectivity index (χ1n) is 10.5. The lowest BCUT2D eigenvalue weighted by Gasteiger charge is -2.39. The zero-order valence-electron chi connectivity index (χ0n) is 19.3. The average Bonchev–Trinajstić information content (AvgIpc) is 2.61. The zero-order chi connectivity index (χ0) is 22.5. The molecule has 0 radical (unpaired) electrons. The van der Waals surface area contributed by atoms with Gasteiger partial charge in [0.05, 0.1) is 12.1 Å². The molecule has 1 aliphatic rings. The number of carboxylic acid groups (broad SMARTS) is 1. The molecule has 3 atom stereocenters. The summed E-state index contributed by atoms with van der Waals surface area (Å²) in [6, 6.07) is -1.30. The first-order valence-corrected chi connectivity index (χ1v) is 10.5. The average molecular weight is 410 g/mol. The Hall–Kier alpha value is -1.89. The summed E-state index contributed by atoms with van der Waals surface area (Å²) in [5.74, 6) is -1.30. The summed E-state index contributed by atoms with van der Waals surface area (Å²) >= 11 is 0. The largest absolute Gasteiger partial charge is 0.478 e. The summed E-state index contributed by atoms with van der Waals surface area (Å²) in [5, 5.41) is 12.2. The molecule has 29 heavy (non-hydrogen) atoms. The Labute approximate surface area is 175 Å². The topological polar surface area (TPSA) is 90.0 Å². The first kappa shape index (κ1) is 25.1. The molecule has 2 amide bonds. The third-order valence-electron chi connectivity index (χ3n) is 5.71. The maximum atomic E-state index is 13.4. The van der Waals surface area contributed by atoms with E-state index in [0.717, 1.165) is 25.8 Å². The summed E-state index contributed by atoms with van der Waals surface area (Å²) < 4.78 is 0. The number of nitrogens with zero attached hydrogens (tertiary/aromatic N) is 2. The maximum Gasteiger partial charge on any atom is 0.331 e. The van der Waals surface area contributed by atoms with Gasteiger partial charge in [-0.1, -0.05) is 47.1 Å². The van der Waals surface area contributed by atoms with Gasteiger partial charge in [-0.15, -0.1) is 0 Å². The molecule has 1 rings (SSSR count). The van der Waals surface area contributed by atoms with E-state index >= 15 is 0 Å². The van der Waals surface area contributed by atoms with Gasteiger partial charge in [-0.25, -0.2) is 4.79 Å². The van der Waals surface area contributed by atoms with Gasteiger partial charge in [0.2, 0.25) is 11.8 Å². The van der Waals surface area contributed by atoms with Crippen molar-refractivity contribution in [2.45, 2.75) is 78.9 Å². The van der Waals surface area contributed by atoms with Crippen molar-refractivity contribution in [3.63, 3.8) is 0 Å². The van der Waals surface area contributed by atoms with Gasteiger partial charge in [0, 0.05) is 12.6 Å². The highest BCUT2D eigenvalue weighted by atomic mass is 16.4. The van der Waals surface area contributed by atoms with Crippen molar-refractivity contribution in [2.24, 2.45) is 11.3 Å². The van der Waals surface area contributed by atoms with Crippen LogP contribution >= 0.6 is 0 Å². The fraction of sp³-hybridized carbons (Fsp3) is 0.773. The van der Waals surface area contributed by atoms with Crippen LogP contribution in [-0.2, 0) is 14.4 Å². The molecule has 1 saturated heterocycles. The summed E-state index contributed by atoms with van der Waals surface area (Å²) in [6.07, 6.45) is 4.49. The number of hydrogen-bond donors (Lipinski definition) is 2. The molecule has 7 heteroatoms. The molecule has 2 N–H and O–H groups in total. The number of carbonyl (C=O) groups is 3. The van der Waals surface area contributed by atoms with E-state index in [4.69, 9.17) is 0 Å². The van der Waals surface area contributed by atoms with E-state index in [1.807, 2.05) is 46.6 Å². The summed E-state index contributed by atoms with van der Waals surface area (Å²) in [5.41, 5.74) is -0.287. The molecule has 1 aliphatic heterocycles. The van der Waals surface area contributed by atoms with E-state index in [-0.39, 0.29) is 35.4 Å². The van der Waals surface area contributed by atoms with E-state index in [1.54, 1.807) is 18.0 Å². The second kappa shape index (κ2) is 10.2. The predicted octanol–water partition coefficient (Wildman–Crippen LogP) is 2.52. The fourth-order valence-electron chi connectivity index (χ4n) is 3.72. The van der Waals surface area contributed by atoms with Crippen LogP contribution in [0.15, 0.2) is 11.6 Å². The molecule has 0 aromatic carbocycles. The van der Waals surface area contributed by atoms with Crippen LogP contribution in [0.3, 0.4) is 0 Å². The Morgan fingerprint density at radius 1 is 1.21 bits per heavy atom. The van der Waals surface area contributed by atoms with Crippen LogP contribution in [0, 0.1) is 11.3 Å². The molecule has 1 unspecified atom stereocenters. The van der Waals surface area contributed by atoms with E-state index in [2.05, 4.69) is 5.32 Å². The Bertz CT molecular complexity index is 636. The molecule has 1 heterocycles. The van der Waals surface area contributed by atoms with E-state index in [0.29, 0.717) is 0 Å². The van der Waals surface area contributed by atoms with Crippen molar-refractivity contribution < 1.29 is 19.5 Å². The first-order chi connectivity index (χ1) is 13.3. The second-order valence-corrected chi connectivity index (χ2v) is 9.64. The zero-order valence-corrected chi connectivity index (χ0v) is 19.3. The molecule has 7 nitrogen and oxygen atoms in total. The highest BCUT2D eigenvalue weighted by Gasteiger charge is 2.39.